The topological polar surface area (TPSA) is 52.6 Å². The molecule has 0 saturated heterocycles. The van der Waals surface area contributed by atoms with Crippen molar-refractivity contribution in [2.24, 2.45) is 11.8 Å². The number of ether oxygens (including phenoxy) is 2. The number of rotatable bonds is 13. The molecule has 6 aromatic rings. The van der Waals surface area contributed by atoms with Gasteiger partial charge in [0.25, 0.3) is 0 Å². The summed E-state index contributed by atoms with van der Waals surface area (Å²) >= 11 is 0. The molecule has 0 bridgehead atoms. The van der Waals surface area contributed by atoms with Crippen LogP contribution in [0.3, 0.4) is 0 Å². The van der Waals surface area contributed by atoms with Crippen molar-refractivity contribution in [1.82, 2.24) is 0 Å². The Morgan fingerprint density at radius 2 is 1.00 bits per heavy atom. The number of carbonyl (C=O) groups excluding carboxylic acids is 2. The number of aldehydes is 1. The fraction of sp³-hybridized carbons (Fsp3) is 0.404. The summed E-state index contributed by atoms with van der Waals surface area (Å²) in [6.45, 7) is 4.62. The molecule has 314 valence electrons. The average Bonchev–Trinajstić information content (AvgIpc) is 3.30. The van der Waals surface area contributed by atoms with E-state index in [1.807, 2.05) is 12.1 Å². The quantitative estimate of drug-likeness (QED) is 0.0505. The summed E-state index contributed by atoms with van der Waals surface area (Å²) in [5.41, 5.74) is 9.50. The maximum Gasteiger partial charge on any atom is 0.352 e. The molecule has 1 aliphatic heterocycles. The smallest absolute Gasteiger partial charge is 0.352 e. The van der Waals surface area contributed by atoms with E-state index in [1.54, 1.807) is 0 Å². The van der Waals surface area contributed by atoms with Gasteiger partial charge in [-0.2, -0.15) is 0 Å². The number of unbranched alkanes of at least 4 members (excludes halogenated alkanes) is 2. The molecule has 61 heavy (non-hydrogen) atoms. The van der Waals surface area contributed by atoms with Crippen molar-refractivity contribution in [3.8, 4) is 44.9 Å². The van der Waals surface area contributed by atoms with Gasteiger partial charge in [0.05, 0.1) is 0 Å². The van der Waals surface area contributed by atoms with Crippen LogP contribution in [0.2, 0.25) is 0 Å². The maximum atomic E-state index is 13.8. The minimum Gasteiger partial charge on any atom is -0.478 e. The monoisotopic (exact) mass is 810 g/mol. The summed E-state index contributed by atoms with van der Waals surface area (Å²) in [6.07, 6.45) is 18.4. The Labute approximate surface area is 363 Å². The lowest BCUT2D eigenvalue weighted by Gasteiger charge is -2.28. The lowest BCUT2D eigenvalue weighted by Crippen LogP contribution is -2.33. The van der Waals surface area contributed by atoms with Gasteiger partial charge in [-0.15, -0.1) is 0 Å². The van der Waals surface area contributed by atoms with E-state index in [4.69, 9.17) is 9.47 Å². The molecule has 0 aromatic heterocycles. The molecule has 1 atom stereocenters. The molecule has 0 radical (unpaired) electrons. The molecule has 0 amide bonds. The molecular weight excluding hydrogens is 749 g/mol. The van der Waals surface area contributed by atoms with E-state index in [0.29, 0.717) is 49.0 Å². The Balaban J connectivity index is 1.05. The van der Waals surface area contributed by atoms with Gasteiger partial charge in [-0.05, 0) is 173 Å². The summed E-state index contributed by atoms with van der Waals surface area (Å²) in [4.78, 5) is 24.8. The molecule has 2 saturated carbocycles. The van der Waals surface area contributed by atoms with Gasteiger partial charge < -0.3 is 14.3 Å². The summed E-state index contributed by atoms with van der Waals surface area (Å²) in [5, 5.41) is 4.25. The Hall–Kier alpha value is -5.22. The number of fused-ring (bicyclic) bond motifs is 7. The Morgan fingerprint density at radius 1 is 0.525 bits per heavy atom. The van der Waals surface area contributed by atoms with E-state index >= 15 is 0 Å². The van der Waals surface area contributed by atoms with E-state index in [0.717, 1.165) is 56.4 Å². The molecule has 0 N–H and O–H groups in total. The molecule has 4 heteroatoms. The normalized spacial score (nSPS) is 21.5. The van der Waals surface area contributed by atoms with E-state index < -0.39 is 12.1 Å². The molecule has 6 aromatic carbocycles. The summed E-state index contributed by atoms with van der Waals surface area (Å²) < 4.78 is 12.9. The van der Waals surface area contributed by atoms with Crippen LogP contribution in [0.1, 0.15) is 140 Å². The van der Waals surface area contributed by atoms with Crippen molar-refractivity contribution in [3.05, 3.63) is 120 Å². The fourth-order valence-electron chi connectivity index (χ4n) is 11.1. The first-order valence-electron chi connectivity index (χ1n) is 23.7. The highest BCUT2D eigenvalue weighted by Gasteiger charge is 2.31. The van der Waals surface area contributed by atoms with E-state index in [9.17, 15) is 9.59 Å². The predicted molar refractivity (Wildman–Crippen MR) is 252 cm³/mol. The molecule has 0 spiro atoms. The Bertz CT molecular complexity index is 2460. The van der Waals surface area contributed by atoms with Gasteiger partial charge in [0.1, 0.15) is 17.8 Å². The van der Waals surface area contributed by atoms with Gasteiger partial charge in [0.2, 0.25) is 0 Å². The number of carbonyl (C=O) groups is 2. The lowest BCUT2D eigenvalue weighted by molar-refractivity contribution is -0.142. The van der Waals surface area contributed by atoms with E-state index in [-0.39, 0.29) is 0 Å². The number of hydrogen-bond donors (Lipinski definition) is 0. The molecule has 2 aliphatic carbocycles. The van der Waals surface area contributed by atoms with Crippen LogP contribution in [0.25, 0.3) is 54.9 Å². The van der Waals surface area contributed by atoms with Crippen molar-refractivity contribution in [3.63, 3.8) is 0 Å². The highest BCUT2D eigenvalue weighted by atomic mass is 16.6. The van der Waals surface area contributed by atoms with Crippen LogP contribution in [-0.4, -0.2) is 18.4 Å². The first kappa shape index (κ1) is 41.1. The van der Waals surface area contributed by atoms with Gasteiger partial charge in [-0.25, -0.2) is 4.79 Å². The zero-order valence-corrected chi connectivity index (χ0v) is 36.3. The molecule has 9 rings (SSSR count). The number of benzene rings is 6. The predicted octanol–water partition coefficient (Wildman–Crippen LogP) is 15.6. The fourth-order valence-corrected chi connectivity index (χ4v) is 11.1. The van der Waals surface area contributed by atoms with Crippen molar-refractivity contribution >= 4 is 33.8 Å². The largest absolute Gasteiger partial charge is 0.478 e. The molecular formula is C57H62O4. The van der Waals surface area contributed by atoms with Crippen LogP contribution in [0, 0.1) is 11.8 Å². The molecule has 4 nitrogen and oxygen atoms in total. The first-order chi connectivity index (χ1) is 30.0. The summed E-state index contributed by atoms with van der Waals surface area (Å²) in [6, 6.07) is 40.2. The second-order valence-corrected chi connectivity index (χ2v) is 18.5. The number of hydrogen-bond acceptors (Lipinski definition) is 4. The van der Waals surface area contributed by atoms with Crippen LogP contribution in [0.4, 0.5) is 0 Å². The number of esters is 1. The second kappa shape index (κ2) is 18.8. The zero-order valence-electron chi connectivity index (χ0n) is 36.3. The zero-order chi connectivity index (χ0) is 41.7. The van der Waals surface area contributed by atoms with Crippen molar-refractivity contribution in [2.75, 3.05) is 0 Å². The van der Waals surface area contributed by atoms with Gasteiger partial charge in [0.15, 0.2) is 6.10 Å². The van der Waals surface area contributed by atoms with E-state index in [2.05, 4.69) is 111 Å². The molecule has 0 unspecified atom stereocenters. The van der Waals surface area contributed by atoms with Crippen LogP contribution in [-0.2, 0) is 9.59 Å². The summed E-state index contributed by atoms with van der Waals surface area (Å²) in [7, 11) is 0. The van der Waals surface area contributed by atoms with Crippen LogP contribution in [0.15, 0.2) is 109 Å². The van der Waals surface area contributed by atoms with Gasteiger partial charge in [0, 0.05) is 17.5 Å². The van der Waals surface area contributed by atoms with Crippen LogP contribution >= 0.6 is 0 Å². The van der Waals surface area contributed by atoms with E-state index in [1.165, 1.54) is 105 Å². The highest BCUT2D eigenvalue weighted by Crippen LogP contribution is 2.48. The Kier molecular flexibility index (Phi) is 12.7. The molecule has 3 aliphatic rings. The third kappa shape index (κ3) is 8.92. The maximum absolute atomic E-state index is 13.8. The first-order valence-corrected chi connectivity index (χ1v) is 23.7. The average molecular weight is 811 g/mol. The van der Waals surface area contributed by atoms with Gasteiger partial charge in [-0.3, -0.25) is 0 Å². The third-order valence-corrected chi connectivity index (χ3v) is 14.5. The van der Waals surface area contributed by atoms with Gasteiger partial charge >= 0.3 is 5.97 Å². The van der Waals surface area contributed by atoms with Crippen LogP contribution < -0.4 is 9.47 Å². The van der Waals surface area contributed by atoms with Crippen molar-refractivity contribution in [1.29, 1.82) is 0 Å². The highest BCUT2D eigenvalue weighted by molar-refractivity contribution is 6.11. The SMILES string of the molecule is CCC[C@H]1CC[C@H](c2ccc(-c3ccc4c5c(ccc4c3)OC(=O)[C@H](CCCCC=O)Oc3ccc4cc(-c6ccc([C@H]7CC[C@H](CCC)CC7)cc6)ccc4c3-5)cc2)CC1. The van der Waals surface area contributed by atoms with Crippen LogP contribution in [0.5, 0.6) is 11.5 Å². The third-order valence-electron chi connectivity index (χ3n) is 14.5. The summed E-state index contributed by atoms with van der Waals surface area (Å²) in [5.74, 6) is 3.95. The van der Waals surface area contributed by atoms with Crippen molar-refractivity contribution in [2.45, 2.75) is 135 Å². The lowest BCUT2D eigenvalue weighted by atomic mass is 9.77. The minimum absolute atomic E-state index is 0.402. The van der Waals surface area contributed by atoms with Gasteiger partial charge in [-0.1, -0.05) is 124 Å². The molecule has 2 fully saturated rings. The standard InChI is InChI=1S/C57H62O4/c1-3-8-38-11-15-40(16-12-38)42-19-23-44(24-20-42)46-27-31-50-48(36-46)29-33-52-55(50)56-51-32-28-47(45-25-21-43(22-26-45)41-17-13-39(9-4-2)14-18-41)37-49(51)30-34-53(56)61-57(59)54(60-52)10-6-5-7-35-58/h19-41,54H,3-18H2,1-2H3/t38-,39-,40-,41-,54-/m0/s1. The Morgan fingerprint density at radius 3 is 1.49 bits per heavy atom. The van der Waals surface area contributed by atoms with Crippen molar-refractivity contribution < 1.29 is 19.1 Å². The molecule has 1 heterocycles. The minimum atomic E-state index is -0.775. The second-order valence-electron chi connectivity index (χ2n) is 18.5.